The number of aromatic nitrogens is 3. The summed E-state index contributed by atoms with van der Waals surface area (Å²) in [7, 11) is 0. The van der Waals surface area contributed by atoms with E-state index in [2.05, 4.69) is 43.7 Å². The number of aliphatic hydroxyl groups excluding tert-OH is 1. The molecule has 1 aliphatic heterocycles. The number of phenols is 1. The maximum Gasteiger partial charge on any atom is 0.169 e. The molecule has 1 fully saturated rings. The smallest absolute Gasteiger partial charge is 0.169 e. The summed E-state index contributed by atoms with van der Waals surface area (Å²) in [6.45, 7) is 4.36. The minimum absolute atomic E-state index is 0.158. The molecule has 0 bridgehead atoms. The Balaban J connectivity index is 1.58. The van der Waals surface area contributed by atoms with Crippen molar-refractivity contribution in [2.24, 2.45) is 0 Å². The Labute approximate surface area is 187 Å². The van der Waals surface area contributed by atoms with Crippen LogP contribution in [0.25, 0.3) is 11.3 Å². The summed E-state index contributed by atoms with van der Waals surface area (Å²) in [6, 6.07) is 13.2. The summed E-state index contributed by atoms with van der Waals surface area (Å²) in [5.74, 6) is 6.05. The number of hydrogen-bond donors (Lipinski definition) is 3. The van der Waals surface area contributed by atoms with Crippen LogP contribution < -0.4 is 15.5 Å². The molecule has 8 heteroatoms. The van der Waals surface area contributed by atoms with Crippen molar-refractivity contribution in [2.75, 3.05) is 41.8 Å². The molecule has 1 aromatic carbocycles. The number of benzene rings is 1. The first kappa shape index (κ1) is 21.4. The van der Waals surface area contributed by atoms with Gasteiger partial charge in [0.25, 0.3) is 0 Å². The monoisotopic (exact) mass is 430 g/mol. The molecule has 0 radical (unpaired) electrons. The lowest BCUT2D eigenvalue weighted by atomic mass is 10.1. The number of phenolic OH excluding ortho intramolecular Hbond substituents is 1. The van der Waals surface area contributed by atoms with Gasteiger partial charge in [-0.3, -0.25) is 0 Å². The van der Waals surface area contributed by atoms with Gasteiger partial charge in [-0.15, -0.1) is 10.2 Å². The number of nitrogens with two attached hydrogens (primary N) is 1. The first-order valence-corrected chi connectivity index (χ1v) is 10.6. The second-order valence-corrected chi connectivity index (χ2v) is 7.69. The molecule has 32 heavy (non-hydrogen) atoms. The molecule has 8 nitrogen and oxygen atoms in total. The van der Waals surface area contributed by atoms with Gasteiger partial charge in [0.15, 0.2) is 5.82 Å². The first-order chi connectivity index (χ1) is 15.6. The fourth-order valence-corrected chi connectivity index (χ4v) is 3.95. The van der Waals surface area contributed by atoms with Gasteiger partial charge < -0.3 is 25.7 Å². The number of anilines is 3. The first-order valence-electron chi connectivity index (χ1n) is 10.6. The summed E-state index contributed by atoms with van der Waals surface area (Å²) < 4.78 is 0. The van der Waals surface area contributed by atoms with Crippen LogP contribution in [0.4, 0.5) is 17.2 Å². The SMILES string of the molecule is CC1CCN(c2cc(-c3ccccc3O)nnc2N)CCN1c1ccnc(C#CCO)c1. The second-order valence-electron chi connectivity index (χ2n) is 7.69. The molecular weight excluding hydrogens is 404 g/mol. The molecule has 1 unspecified atom stereocenters. The van der Waals surface area contributed by atoms with Crippen molar-refractivity contribution < 1.29 is 10.2 Å². The van der Waals surface area contributed by atoms with Crippen LogP contribution in [0.1, 0.15) is 19.0 Å². The lowest BCUT2D eigenvalue weighted by Gasteiger charge is -2.29. The van der Waals surface area contributed by atoms with E-state index in [1.165, 1.54) is 0 Å². The van der Waals surface area contributed by atoms with E-state index in [4.69, 9.17) is 10.8 Å². The van der Waals surface area contributed by atoms with Crippen LogP contribution in [0, 0.1) is 11.8 Å². The Kier molecular flexibility index (Phi) is 6.38. The zero-order valence-electron chi connectivity index (χ0n) is 17.9. The molecule has 1 saturated heterocycles. The normalized spacial score (nSPS) is 16.2. The molecule has 4 N–H and O–H groups in total. The lowest BCUT2D eigenvalue weighted by molar-refractivity contribution is 0.350. The van der Waals surface area contributed by atoms with Crippen molar-refractivity contribution in [1.82, 2.24) is 15.2 Å². The van der Waals surface area contributed by atoms with Crippen LogP contribution in [-0.4, -0.2) is 57.7 Å². The summed E-state index contributed by atoms with van der Waals surface area (Å²) in [4.78, 5) is 8.82. The topological polar surface area (TPSA) is 112 Å². The Hall–Kier alpha value is -3.83. The van der Waals surface area contributed by atoms with Crippen LogP contribution in [0.3, 0.4) is 0 Å². The molecule has 1 atom stereocenters. The maximum absolute atomic E-state index is 10.2. The van der Waals surface area contributed by atoms with Gasteiger partial charge in [-0.2, -0.15) is 0 Å². The fourth-order valence-electron chi connectivity index (χ4n) is 3.95. The Morgan fingerprint density at radius 3 is 2.78 bits per heavy atom. The van der Waals surface area contributed by atoms with Gasteiger partial charge in [-0.05, 0) is 49.6 Å². The van der Waals surface area contributed by atoms with E-state index in [9.17, 15) is 5.11 Å². The molecule has 0 spiro atoms. The predicted molar refractivity (Wildman–Crippen MR) is 125 cm³/mol. The van der Waals surface area contributed by atoms with Gasteiger partial charge in [0.2, 0.25) is 0 Å². The molecule has 1 aliphatic rings. The highest BCUT2D eigenvalue weighted by atomic mass is 16.3. The van der Waals surface area contributed by atoms with Gasteiger partial charge in [-0.1, -0.05) is 18.1 Å². The van der Waals surface area contributed by atoms with E-state index in [0.29, 0.717) is 28.8 Å². The minimum atomic E-state index is -0.189. The van der Waals surface area contributed by atoms with Gasteiger partial charge >= 0.3 is 0 Å². The van der Waals surface area contributed by atoms with E-state index < -0.39 is 0 Å². The fraction of sp³-hybridized carbons (Fsp3) is 0.292. The van der Waals surface area contributed by atoms with Crippen LogP contribution in [0.2, 0.25) is 0 Å². The second kappa shape index (κ2) is 9.54. The number of hydrogen-bond acceptors (Lipinski definition) is 8. The third-order valence-electron chi connectivity index (χ3n) is 5.65. The van der Waals surface area contributed by atoms with Gasteiger partial charge in [-0.25, -0.2) is 4.98 Å². The molecule has 0 amide bonds. The Morgan fingerprint density at radius 2 is 1.97 bits per heavy atom. The molecule has 4 rings (SSSR count). The summed E-state index contributed by atoms with van der Waals surface area (Å²) in [6.07, 6.45) is 2.67. The summed E-state index contributed by atoms with van der Waals surface area (Å²) in [5.41, 5.74) is 9.91. The van der Waals surface area contributed by atoms with E-state index in [0.717, 1.165) is 37.4 Å². The number of pyridine rings is 1. The minimum Gasteiger partial charge on any atom is -0.507 e. The largest absolute Gasteiger partial charge is 0.507 e. The van der Waals surface area contributed by atoms with Crippen molar-refractivity contribution >= 4 is 17.2 Å². The Bertz CT molecular complexity index is 1160. The lowest BCUT2D eigenvalue weighted by Crippen LogP contribution is -2.35. The van der Waals surface area contributed by atoms with E-state index in [1.807, 2.05) is 30.3 Å². The van der Waals surface area contributed by atoms with E-state index in [1.54, 1.807) is 18.3 Å². The third-order valence-corrected chi connectivity index (χ3v) is 5.65. The molecular formula is C24H26N6O2. The van der Waals surface area contributed by atoms with Crippen molar-refractivity contribution in [2.45, 2.75) is 19.4 Å². The number of rotatable bonds is 3. The van der Waals surface area contributed by atoms with Gasteiger partial charge in [0.1, 0.15) is 18.1 Å². The predicted octanol–water partition coefficient (Wildman–Crippen LogP) is 2.28. The van der Waals surface area contributed by atoms with Crippen LogP contribution in [-0.2, 0) is 0 Å². The average molecular weight is 431 g/mol. The number of para-hydroxylation sites is 1. The number of nitrogen functional groups attached to an aromatic ring is 1. The van der Waals surface area contributed by atoms with Crippen LogP contribution >= 0.6 is 0 Å². The van der Waals surface area contributed by atoms with Gasteiger partial charge in [0, 0.05) is 43.1 Å². The van der Waals surface area contributed by atoms with Gasteiger partial charge in [0.05, 0.1) is 11.4 Å². The van der Waals surface area contributed by atoms with Crippen molar-refractivity contribution in [1.29, 1.82) is 0 Å². The number of aromatic hydroxyl groups is 1. The number of nitrogens with zero attached hydrogens (tertiary/aromatic N) is 5. The average Bonchev–Trinajstić information content (AvgIpc) is 3.00. The molecule has 3 aromatic rings. The van der Waals surface area contributed by atoms with Crippen molar-refractivity contribution in [3.8, 4) is 28.8 Å². The maximum atomic E-state index is 10.2. The molecule has 3 heterocycles. The number of aliphatic hydroxyl groups is 1. The van der Waals surface area contributed by atoms with Crippen molar-refractivity contribution in [3.05, 3.63) is 54.4 Å². The van der Waals surface area contributed by atoms with Crippen molar-refractivity contribution in [3.63, 3.8) is 0 Å². The Morgan fingerprint density at radius 1 is 1.12 bits per heavy atom. The molecule has 164 valence electrons. The summed E-state index contributed by atoms with van der Waals surface area (Å²) >= 11 is 0. The summed E-state index contributed by atoms with van der Waals surface area (Å²) in [5, 5.41) is 27.5. The quantitative estimate of drug-likeness (QED) is 0.543. The van der Waals surface area contributed by atoms with Crippen LogP contribution in [0.15, 0.2) is 48.7 Å². The molecule has 0 saturated carbocycles. The standard InChI is InChI=1S/C24H26N6O2/c1-17-9-11-29(12-13-30(17)19-8-10-26-18(15-19)5-4-14-31)22-16-21(27-28-24(22)25)20-6-2-3-7-23(20)32/h2-3,6-8,10,15-17,31-32H,9,11-14H2,1H3,(H2,25,28). The zero-order valence-corrected chi connectivity index (χ0v) is 17.9. The van der Waals surface area contributed by atoms with E-state index in [-0.39, 0.29) is 12.4 Å². The highest BCUT2D eigenvalue weighted by Crippen LogP contribution is 2.32. The third kappa shape index (κ3) is 4.58. The zero-order chi connectivity index (χ0) is 22.5. The van der Waals surface area contributed by atoms with Crippen LogP contribution in [0.5, 0.6) is 5.75 Å². The van der Waals surface area contributed by atoms with E-state index >= 15 is 0 Å². The highest BCUT2D eigenvalue weighted by molar-refractivity contribution is 5.74. The highest BCUT2D eigenvalue weighted by Gasteiger charge is 2.24. The molecule has 2 aromatic heterocycles. The molecule has 0 aliphatic carbocycles.